The molecule has 0 aliphatic carbocycles. The van der Waals surface area contributed by atoms with E-state index in [1.165, 1.54) is 0 Å². The minimum absolute atomic E-state index is 0.0944. The van der Waals surface area contributed by atoms with Crippen LogP contribution in [0, 0.1) is 0 Å². The molecule has 4 rings (SSSR count). The lowest BCUT2D eigenvalue weighted by molar-refractivity contribution is 0.00578. The maximum Gasteiger partial charge on any atom is 0.492 e. The number of aldehydes is 1. The molecule has 0 saturated carbocycles. The number of ether oxygens (including phenoxy) is 3. The Morgan fingerprint density at radius 2 is 1.65 bits per heavy atom. The van der Waals surface area contributed by atoms with E-state index in [0.29, 0.717) is 28.1 Å². The minimum Gasteiger partial charge on any atom is -0.454 e. The lowest BCUT2D eigenvalue weighted by Gasteiger charge is -2.32. The zero-order chi connectivity index (χ0) is 24.3. The number of carbonyl (C=O) groups excluding carboxylic acids is 2. The van der Waals surface area contributed by atoms with Gasteiger partial charge in [0.25, 0.3) is 0 Å². The third-order valence-electron chi connectivity index (χ3n) is 6.25. The molecule has 2 aliphatic rings. The van der Waals surface area contributed by atoms with Gasteiger partial charge in [0.2, 0.25) is 6.79 Å². The lowest BCUT2D eigenvalue weighted by atomic mass is 9.76. The minimum atomic E-state index is -0.732. The summed E-state index contributed by atoms with van der Waals surface area (Å²) in [7, 11) is -0.732. The number of rotatable bonds is 7. The predicted octanol–water partition coefficient (Wildman–Crippen LogP) is 4.17. The van der Waals surface area contributed by atoms with Crippen molar-refractivity contribution in [1.82, 2.24) is 5.32 Å². The molecule has 1 fully saturated rings. The van der Waals surface area contributed by atoms with Crippen molar-refractivity contribution < 1.29 is 33.1 Å². The summed E-state index contributed by atoms with van der Waals surface area (Å²) in [5.41, 5.74) is 1.38. The van der Waals surface area contributed by atoms with Crippen molar-refractivity contribution >= 4 is 25.6 Å². The summed E-state index contributed by atoms with van der Waals surface area (Å²) in [4.78, 5) is 24.1. The summed E-state index contributed by atoms with van der Waals surface area (Å²) in [5.74, 6) is 1.05. The van der Waals surface area contributed by atoms with Gasteiger partial charge in [0.1, 0.15) is 6.61 Å². The summed E-state index contributed by atoms with van der Waals surface area (Å²) in [6.45, 7) is 8.14. The molecule has 0 unspecified atom stereocenters. The van der Waals surface area contributed by atoms with Crippen LogP contribution in [0.25, 0.3) is 6.08 Å². The van der Waals surface area contributed by atoms with Crippen LogP contribution in [-0.4, -0.2) is 44.0 Å². The Labute approximate surface area is 199 Å². The zero-order valence-corrected chi connectivity index (χ0v) is 19.8. The highest BCUT2D eigenvalue weighted by molar-refractivity contribution is 6.56. The van der Waals surface area contributed by atoms with Crippen LogP contribution >= 0.6 is 0 Å². The van der Waals surface area contributed by atoms with Gasteiger partial charge in [-0.05, 0) is 56.4 Å². The molecule has 0 radical (unpaired) electrons. The lowest BCUT2D eigenvalue weighted by Crippen LogP contribution is -2.41. The summed E-state index contributed by atoms with van der Waals surface area (Å²) in [6.07, 6.45) is 1.94. The Morgan fingerprint density at radius 1 is 1.03 bits per heavy atom. The second-order valence-electron chi connectivity index (χ2n) is 9.18. The second kappa shape index (κ2) is 9.52. The largest absolute Gasteiger partial charge is 0.492 e. The number of benzene rings is 2. The molecule has 2 aromatic carbocycles. The highest BCUT2D eigenvalue weighted by atomic mass is 16.7. The van der Waals surface area contributed by atoms with Crippen molar-refractivity contribution in [3.8, 4) is 11.5 Å². The molecule has 0 spiro atoms. The fourth-order valence-corrected chi connectivity index (χ4v) is 3.55. The first-order valence-corrected chi connectivity index (χ1v) is 11.1. The van der Waals surface area contributed by atoms with Gasteiger partial charge < -0.3 is 28.8 Å². The monoisotopic (exact) mass is 465 g/mol. The fraction of sp³-hybridized carbons (Fsp3) is 0.360. The average Bonchev–Trinajstić information content (AvgIpc) is 3.35. The molecule has 34 heavy (non-hydrogen) atoms. The molecule has 1 amide bonds. The number of hydrogen-bond acceptors (Lipinski definition) is 7. The number of nitrogens with one attached hydrogen (secondary N) is 1. The van der Waals surface area contributed by atoms with Gasteiger partial charge in [-0.1, -0.05) is 36.4 Å². The third kappa shape index (κ3) is 5.10. The Morgan fingerprint density at radius 3 is 2.26 bits per heavy atom. The van der Waals surface area contributed by atoms with Gasteiger partial charge in [-0.2, -0.15) is 0 Å². The Hall–Kier alpha value is -3.30. The average molecular weight is 465 g/mol. The predicted molar refractivity (Wildman–Crippen MR) is 127 cm³/mol. The van der Waals surface area contributed by atoms with Crippen LogP contribution in [0.1, 0.15) is 49.2 Å². The molecule has 9 heteroatoms. The molecule has 1 N–H and O–H groups in total. The van der Waals surface area contributed by atoms with E-state index in [4.69, 9.17) is 23.5 Å². The van der Waals surface area contributed by atoms with E-state index < -0.39 is 24.4 Å². The number of fused-ring (bicyclic) bond motifs is 1. The van der Waals surface area contributed by atoms with Gasteiger partial charge in [-0.25, -0.2) is 4.79 Å². The van der Waals surface area contributed by atoms with Crippen molar-refractivity contribution in [2.75, 3.05) is 13.3 Å². The van der Waals surface area contributed by atoms with Crippen molar-refractivity contribution in [2.24, 2.45) is 0 Å². The van der Waals surface area contributed by atoms with Crippen molar-refractivity contribution in [2.45, 2.75) is 45.5 Å². The molecule has 178 valence electrons. The Bertz CT molecular complexity index is 1080. The van der Waals surface area contributed by atoms with Crippen LogP contribution in [0.3, 0.4) is 0 Å². The summed E-state index contributed by atoms with van der Waals surface area (Å²) in [5, 5.41) is 2.76. The van der Waals surface area contributed by atoms with Gasteiger partial charge in [0, 0.05) is 12.1 Å². The molecule has 2 aliphatic heterocycles. The smallest absolute Gasteiger partial charge is 0.454 e. The van der Waals surface area contributed by atoms with Crippen molar-refractivity contribution in [3.63, 3.8) is 0 Å². The Balaban J connectivity index is 1.55. The van der Waals surface area contributed by atoms with Gasteiger partial charge >= 0.3 is 13.2 Å². The van der Waals surface area contributed by atoms with E-state index in [1.807, 2.05) is 58.0 Å². The zero-order valence-electron chi connectivity index (χ0n) is 19.8. The number of alkyl carbamates (subject to hydrolysis) is 1. The first-order valence-electron chi connectivity index (χ1n) is 11.1. The first-order chi connectivity index (χ1) is 16.2. The van der Waals surface area contributed by atoms with Gasteiger partial charge in [0.15, 0.2) is 17.8 Å². The quantitative estimate of drug-likeness (QED) is 0.485. The normalized spacial score (nSPS) is 18.0. The molecular weight excluding hydrogens is 437 g/mol. The van der Waals surface area contributed by atoms with Crippen LogP contribution in [0.2, 0.25) is 0 Å². The summed E-state index contributed by atoms with van der Waals surface area (Å²) in [6, 6.07) is 12.8. The molecule has 0 atom stereocenters. The molecule has 2 heterocycles. The van der Waals surface area contributed by atoms with E-state index in [-0.39, 0.29) is 19.9 Å². The fourth-order valence-electron chi connectivity index (χ4n) is 3.55. The number of hydrogen-bond donors (Lipinski definition) is 1. The summed E-state index contributed by atoms with van der Waals surface area (Å²) >= 11 is 0. The Kier molecular flexibility index (Phi) is 6.68. The molecule has 8 nitrogen and oxygen atoms in total. The van der Waals surface area contributed by atoms with E-state index in [2.05, 4.69) is 5.32 Å². The van der Waals surface area contributed by atoms with Crippen molar-refractivity contribution in [1.29, 1.82) is 0 Å². The molecule has 1 saturated heterocycles. The maximum absolute atomic E-state index is 12.4. The van der Waals surface area contributed by atoms with Crippen LogP contribution < -0.4 is 14.8 Å². The third-order valence-corrected chi connectivity index (χ3v) is 6.25. The maximum atomic E-state index is 12.4. The summed E-state index contributed by atoms with van der Waals surface area (Å²) < 4.78 is 28.6. The topological polar surface area (TPSA) is 92.3 Å². The standard InChI is InChI=1S/C25H28BNO7/c1-24(2)25(3,4)34-26(33-24)20(13-27-23(29)30-15-17-8-6-5-7-9-17)10-18-11-21-22(32-16-31-21)12-19(18)14-28/h5-12,14H,13,15-16H2,1-4H3,(H,27,29). The SMILES string of the molecule is CC1(C)OB(C(=Cc2cc3c(cc2C=O)OCO3)CNC(=O)OCc2ccccc2)OC1(C)C. The number of carbonyl (C=O) groups is 2. The van der Waals surface area contributed by atoms with E-state index in [9.17, 15) is 9.59 Å². The first kappa shape index (κ1) is 23.8. The highest BCUT2D eigenvalue weighted by Crippen LogP contribution is 2.40. The van der Waals surface area contributed by atoms with Crippen LogP contribution in [-0.2, 0) is 20.7 Å². The highest BCUT2D eigenvalue weighted by Gasteiger charge is 2.52. The molecule has 2 aromatic rings. The number of amides is 1. The molecule has 0 bridgehead atoms. The van der Waals surface area contributed by atoms with E-state index in [1.54, 1.807) is 18.2 Å². The van der Waals surface area contributed by atoms with Crippen LogP contribution in [0.4, 0.5) is 4.79 Å². The van der Waals surface area contributed by atoms with Crippen LogP contribution in [0.15, 0.2) is 47.9 Å². The van der Waals surface area contributed by atoms with E-state index >= 15 is 0 Å². The van der Waals surface area contributed by atoms with Crippen LogP contribution in [0.5, 0.6) is 11.5 Å². The van der Waals surface area contributed by atoms with Crippen molar-refractivity contribution in [3.05, 3.63) is 64.6 Å². The van der Waals surface area contributed by atoms with Gasteiger partial charge in [0.05, 0.1) is 11.2 Å². The second-order valence-corrected chi connectivity index (χ2v) is 9.18. The molecular formula is C25H28BNO7. The van der Waals surface area contributed by atoms with Gasteiger partial charge in [-0.3, -0.25) is 4.79 Å². The van der Waals surface area contributed by atoms with E-state index in [0.717, 1.165) is 11.8 Å². The van der Waals surface area contributed by atoms with Gasteiger partial charge in [-0.15, -0.1) is 0 Å². The molecule has 0 aromatic heterocycles.